The van der Waals surface area contributed by atoms with E-state index in [-0.39, 0.29) is 23.9 Å². The highest BCUT2D eigenvalue weighted by molar-refractivity contribution is 9.10. The summed E-state index contributed by atoms with van der Waals surface area (Å²) in [6.45, 7) is 2.30. The predicted octanol–water partition coefficient (Wildman–Crippen LogP) is 3.33. The number of thioether (sulfide) groups is 1. The summed E-state index contributed by atoms with van der Waals surface area (Å²) in [5.74, 6) is 0.558. The Balaban J connectivity index is 1.67. The zero-order chi connectivity index (χ0) is 19.0. The summed E-state index contributed by atoms with van der Waals surface area (Å²) in [6.07, 6.45) is 0.372. The number of rotatable bonds is 9. The first-order valence-electron chi connectivity index (χ1n) is 8.09. The summed E-state index contributed by atoms with van der Waals surface area (Å²) in [6, 6.07) is 14.5. The number of amides is 1. The Morgan fingerprint density at radius 3 is 2.46 bits per heavy atom. The molecule has 5 nitrogen and oxygen atoms in total. The van der Waals surface area contributed by atoms with Gasteiger partial charge in [0, 0.05) is 34.6 Å². The van der Waals surface area contributed by atoms with Gasteiger partial charge in [-0.25, -0.2) is 13.1 Å². The molecule has 0 bridgehead atoms. The van der Waals surface area contributed by atoms with Crippen LogP contribution in [0, 0.1) is 6.92 Å². The van der Waals surface area contributed by atoms with Crippen LogP contribution in [-0.4, -0.2) is 33.2 Å². The summed E-state index contributed by atoms with van der Waals surface area (Å²) in [4.78, 5) is 13.1. The van der Waals surface area contributed by atoms with E-state index in [9.17, 15) is 13.2 Å². The smallest absolute Gasteiger partial charge is 0.240 e. The van der Waals surface area contributed by atoms with Gasteiger partial charge in [0.2, 0.25) is 15.9 Å². The Morgan fingerprint density at radius 2 is 1.77 bits per heavy atom. The molecule has 140 valence electrons. The van der Waals surface area contributed by atoms with E-state index in [0.717, 1.165) is 14.9 Å². The quantitative estimate of drug-likeness (QED) is 0.448. The molecule has 8 heteroatoms. The standard InChI is InChI=1S/C18H21BrN2O3S2/c1-14-6-8-15(9-7-14)26(23,24)21-12-11-20-18(22)10-13-25-17-5-3-2-4-16(17)19/h2-9,21H,10-13H2,1H3,(H,20,22). The molecule has 2 aromatic carbocycles. The van der Waals surface area contributed by atoms with Crippen molar-refractivity contribution in [3.63, 3.8) is 0 Å². The molecule has 2 rings (SSSR count). The van der Waals surface area contributed by atoms with Crippen LogP contribution in [0.15, 0.2) is 62.8 Å². The zero-order valence-corrected chi connectivity index (χ0v) is 17.6. The van der Waals surface area contributed by atoms with Crippen molar-refractivity contribution in [2.75, 3.05) is 18.8 Å². The molecule has 0 unspecified atom stereocenters. The van der Waals surface area contributed by atoms with Gasteiger partial charge in [-0.1, -0.05) is 29.8 Å². The summed E-state index contributed by atoms with van der Waals surface area (Å²) < 4.78 is 27.7. The van der Waals surface area contributed by atoms with Crippen molar-refractivity contribution in [3.05, 3.63) is 58.6 Å². The van der Waals surface area contributed by atoms with E-state index < -0.39 is 10.0 Å². The van der Waals surface area contributed by atoms with Crippen molar-refractivity contribution in [3.8, 4) is 0 Å². The third-order valence-corrected chi connectivity index (χ3v) is 7.00. The van der Waals surface area contributed by atoms with Gasteiger partial charge in [-0.15, -0.1) is 11.8 Å². The van der Waals surface area contributed by atoms with Crippen molar-refractivity contribution in [2.45, 2.75) is 23.1 Å². The molecule has 0 radical (unpaired) electrons. The second kappa shape index (κ2) is 10.1. The summed E-state index contributed by atoms with van der Waals surface area (Å²) in [7, 11) is -3.54. The van der Waals surface area contributed by atoms with Crippen LogP contribution in [0.5, 0.6) is 0 Å². The SMILES string of the molecule is Cc1ccc(S(=O)(=O)NCCNC(=O)CCSc2ccccc2Br)cc1. The molecule has 26 heavy (non-hydrogen) atoms. The van der Waals surface area contributed by atoms with Gasteiger partial charge in [0.05, 0.1) is 4.90 Å². The number of hydrogen-bond donors (Lipinski definition) is 2. The Morgan fingerprint density at radius 1 is 1.08 bits per heavy atom. The van der Waals surface area contributed by atoms with Crippen LogP contribution in [0.2, 0.25) is 0 Å². The van der Waals surface area contributed by atoms with Crippen LogP contribution in [0.25, 0.3) is 0 Å². The highest BCUT2D eigenvalue weighted by Gasteiger charge is 2.12. The normalized spacial score (nSPS) is 11.3. The van der Waals surface area contributed by atoms with Gasteiger partial charge in [-0.2, -0.15) is 0 Å². The minimum atomic E-state index is -3.54. The van der Waals surface area contributed by atoms with Gasteiger partial charge in [0.15, 0.2) is 0 Å². The van der Waals surface area contributed by atoms with Crippen LogP contribution in [0.3, 0.4) is 0 Å². The topological polar surface area (TPSA) is 75.3 Å². The molecule has 2 N–H and O–H groups in total. The molecule has 0 atom stereocenters. The monoisotopic (exact) mass is 456 g/mol. The van der Waals surface area contributed by atoms with E-state index in [0.29, 0.717) is 12.2 Å². The Hall–Kier alpha value is -1.35. The number of halogens is 1. The molecule has 1 amide bonds. The lowest BCUT2D eigenvalue weighted by atomic mass is 10.2. The number of carbonyl (C=O) groups excluding carboxylic acids is 1. The van der Waals surface area contributed by atoms with Crippen LogP contribution >= 0.6 is 27.7 Å². The molecular weight excluding hydrogens is 436 g/mol. The van der Waals surface area contributed by atoms with Crippen LogP contribution < -0.4 is 10.0 Å². The second-order valence-corrected chi connectivity index (χ2v) is 9.35. The first-order chi connectivity index (χ1) is 12.4. The van der Waals surface area contributed by atoms with E-state index in [2.05, 4.69) is 26.0 Å². The third kappa shape index (κ3) is 6.75. The molecule has 0 saturated heterocycles. The lowest BCUT2D eigenvalue weighted by molar-refractivity contribution is -0.120. The van der Waals surface area contributed by atoms with E-state index in [4.69, 9.17) is 0 Å². The van der Waals surface area contributed by atoms with E-state index in [1.807, 2.05) is 31.2 Å². The summed E-state index contributed by atoms with van der Waals surface area (Å²) >= 11 is 5.07. The number of sulfonamides is 1. The average Bonchev–Trinajstić information content (AvgIpc) is 2.61. The highest BCUT2D eigenvalue weighted by Crippen LogP contribution is 2.27. The maximum Gasteiger partial charge on any atom is 0.240 e. The Kier molecular flexibility index (Phi) is 8.15. The molecule has 0 aromatic heterocycles. The number of hydrogen-bond acceptors (Lipinski definition) is 4. The molecule has 0 aliphatic heterocycles. The van der Waals surface area contributed by atoms with Crippen molar-refractivity contribution >= 4 is 43.6 Å². The van der Waals surface area contributed by atoms with Crippen molar-refractivity contribution < 1.29 is 13.2 Å². The van der Waals surface area contributed by atoms with E-state index >= 15 is 0 Å². The molecule has 0 heterocycles. The van der Waals surface area contributed by atoms with Gasteiger partial charge >= 0.3 is 0 Å². The third-order valence-electron chi connectivity index (χ3n) is 3.49. The number of benzene rings is 2. The molecule has 2 aromatic rings. The largest absolute Gasteiger partial charge is 0.355 e. The first kappa shape index (κ1) is 21.0. The first-order valence-corrected chi connectivity index (χ1v) is 11.3. The van der Waals surface area contributed by atoms with Gasteiger partial charge in [-0.3, -0.25) is 4.79 Å². The molecule has 0 fully saturated rings. The minimum absolute atomic E-state index is 0.0981. The Labute approximate surface area is 167 Å². The lowest BCUT2D eigenvalue weighted by Gasteiger charge is -2.08. The number of nitrogens with one attached hydrogen (secondary N) is 2. The van der Waals surface area contributed by atoms with Crippen molar-refractivity contribution in [2.24, 2.45) is 0 Å². The maximum absolute atomic E-state index is 12.1. The number of carbonyl (C=O) groups is 1. The van der Waals surface area contributed by atoms with E-state index in [1.54, 1.807) is 36.0 Å². The van der Waals surface area contributed by atoms with Crippen LogP contribution in [-0.2, 0) is 14.8 Å². The van der Waals surface area contributed by atoms with Crippen LogP contribution in [0.1, 0.15) is 12.0 Å². The average molecular weight is 457 g/mol. The predicted molar refractivity (Wildman–Crippen MR) is 109 cm³/mol. The summed E-state index contributed by atoms with van der Waals surface area (Å²) in [5, 5.41) is 2.73. The highest BCUT2D eigenvalue weighted by atomic mass is 79.9. The minimum Gasteiger partial charge on any atom is -0.355 e. The maximum atomic E-state index is 12.1. The van der Waals surface area contributed by atoms with Gasteiger partial charge in [-0.05, 0) is 47.1 Å². The fraction of sp³-hybridized carbons (Fsp3) is 0.278. The van der Waals surface area contributed by atoms with Crippen molar-refractivity contribution in [1.82, 2.24) is 10.0 Å². The van der Waals surface area contributed by atoms with Gasteiger partial charge in [0.1, 0.15) is 0 Å². The zero-order valence-electron chi connectivity index (χ0n) is 14.4. The molecule has 0 saturated carbocycles. The second-order valence-electron chi connectivity index (χ2n) is 5.59. The fourth-order valence-corrected chi connectivity index (χ4v) is 4.64. The lowest BCUT2D eigenvalue weighted by Crippen LogP contribution is -2.34. The van der Waals surface area contributed by atoms with E-state index in [1.165, 1.54) is 0 Å². The number of aryl methyl sites for hydroxylation is 1. The molecule has 0 spiro atoms. The van der Waals surface area contributed by atoms with Crippen molar-refractivity contribution in [1.29, 1.82) is 0 Å². The molecular formula is C18H21BrN2O3S2. The fourth-order valence-electron chi connectivity index (χ4n) is 2.09. The summed E-state index contributed by atoms with van der Waals surface area (Å²) in [5.41, 5.74) is 0.997. The van der Waals surface area contributed by atoms with Crippen LogP contribution in [0.4, 0.5) is 0 Å². The molecule has 0 aliphatic carbocycles. The molecule has 0 aliphatic rings. The van der Waals surface area contributed by atoms with Gasteiger partial charge in [0.25, 0.3) is 0 Å². The van der Waals surface area contributed by atoms with Gasteiger partial charge < -0.3 is 5.32 Å². The Bertz CT molecular complexity index is 840.